The van der Waals surface area contributed by atoms with E-state index in [-0.39, 0.29) is 18.0 Å². The number of methoxy groups -OCH3 is 1. The quantitative estimate of drug-likeness (QED) is 0.814. The molecule has 0 radical (unpaired) electrons. The molecule has 144 valence electrons. The third-order valence-electron chi connectivity index (χ3n) is 4.71. The molecule has 1 heterocycles. The van der Waals surface area contributed by atoms with Gasteiger partial charge in [0.1, 0.15) is 5.75 Å². The van der Waals surface area contributed by atoms with E-state index in [4.69, 9.17) is 4.74 Å². The molecule has 1 aliphatic rings. The van der Waals surface area contributed by atoms with Gasteiger partial charge in [-0.1, -0.05) is 30.3 Å². The Hall–Kier alpha value is -2.54. The van der Waals surface area contributed by atoms with Crippen LogP contribution in [0.3, 0.4) is 0 Å². The lowest BCUT2D eigenvalue weighted by molar-refractivity contribution is -0.138. The van der Waals surface area contributed by atoms with Crippen LogP contribution in [-0.2, 0) is 12.7 Å². The highest BCUT2D eigenvalue weighted by Crippen LogP contribution is 2.32. The zero-order valence-electron chi connectivity index (χ0n) is 15.0. The highest BCUT2D eigenvalue weighted by atomic mass is 19.4. The highest BCUT2D eigenvalue weighted by molar-refractivity contribution is 5.97. The Balaban J connectivity index is 1.64. The highest BCUT2D eigenvalue weighted by Gasteiger charge is 2.33. The van der Waals surface area contributed by atoms with Gasteiger partial charge in [0.15, 0.2) is 0 Å². The number of rotatable bonds is 4. The van der Waals surface area contributed by atoms with Gasteiger partial charge in [0, 0.05) is 32.7 Å². The first-order valence-electron chi connectivity index (χ1n) is 8.70. The standard InChI is InChI=1S/C20H21F3N2O2/c1-27-18-9-5-3-7-16(18)19(26)25-12-10-24(11-13-25)14-15-6-2-4-8-17(15)20(21,22)23/h2-9H,10-14H2,1H3. The molecule has 0 aromatic heterocycles. The fourth-order valence-electron chi connectivity index (χ4n) is 3.28. The summed E-state index contributed by atoms with van der Waals surface area (Å²) < 4.78 is 44.7. The molecule has 1 saturated heterocycles. The second kappa shape index (κ2) is 8.00. The van der Waals surface area contributed by atoms with E-state index < -0.39 is 11.7 Å². The summed E-state index contributed by atoms with van der Waals surface area (Å²) in [5, 5.41) is 0. The predicted molar refractivity (Wildman–Crippen MR) is 95.6 cm³/mol. The number of para-hydroxylation sites is 1. The van der Waals surface area contributed by atoms with Gasteiger partial charge in [-0.05, 0) is 23.8 Å². The van der Waals surface area contributed by atoms with Gasteiger partial charge < -0.3 is 9.64 Å². The van der Waals surface area contributed by atoms with Crippen LogP contribution in [-0.4, -0.2) is 49.0 Å². The third-order valence-corrected chi connectivity index (χ3v) is 4.71. The molecule has 0 atom stereocenters. The van der Waals surface area contributed by atoms with E-state index in [9.17, 15) is 18.0 Å². The molecule has 0 aliphatic carbocycles. The molecule has 0 N–H and O–H groups in total. The Kier molecular flexibility index (Phi) is 5.70. The van der Waals surface area contributed by atoms with E-state index >= 15 is 0 Å². The van der Waals surface area contributed by atoms with Crippen molar-refractivity contribution in [3.05, 3.63) is 65.2 Å². The van der Waals surface area contributed by atoms with Crippen LogP contribution in [0.4, 0.5) is 13.2 Å². The molecule has 2 aromatic carbocycles. The maximum atomic E-state index is 13.1. The van der Waals surface area contributed by atoms with Gasteiger partial charge in [-0.2, -0.15) is 13.2 Å². The van der Waals surface area contributed by atoms with Gasteiger partial charge in [-0.3, -0.25) is 9.69 Å². The SMILES string of the molecule is COc1ccccc1C(=O)N1CCN(Cc2ccccc2C(F)(F)F)CC1. The maximum absolute atomic E-state index is 13.1. The zero-order valence-corrected chi connectivity index (χ0v) is 15.0. The largest absolute Gasteiger partial charge is 0.496 e. The van der Waals surface area contributed by atoms with Crippen LogP contribution in [0.25, 0.3) is 0 Å². The molecule has 27 heavy (non-hydrogen) atoms. The van der Waals surface area contributed by atoms with Crippen molar-refractivity contribution >= 4 is 5.91 Å². The lowest BCUT2D eigenvalue weighted by atomic mass is 10.1. The summed E-state index contributed by atoms with van der Waals surface area (Å²) in [5.74, 6) is 0.395. The first-order chi connectivity index (χ1) is 12.9. The second-order valence-electron chi connectivity index (χ2n) is 6.42. The topological polar surface area (TPSA) is 32.8 Å². The molecule has 1 aliphatic heterocycles. The van der Waals surface area contributed by atoms with Crippen LogP contribution < -0.4 is 4.74 Å². The molecule has 1 fully saturated rings. The predicted octanol–water partition coefficient (Wildman–Crippen LogP) is 3.67. The van der Waals surface area contributed by atoms with Crippen LogP contribution >= 0.6 is 0 Å². The normalized spacial score (nSPS) is 15.6. The smallest absolute Gasteiger partial charge is 0.416 e. The Labute approximate surface area is 156 Å². The molecule has 1 amide bonds. The number of carbonyl (C=O) groups is 1. The van der Waals surface area contributed by atoms with Crippen molar-refractivity contribution < 1.29 is 22.7 Å². The van der Waals surface area contributed by atoms with Crippen LogP contribution in [0.1, 0.15) is 21.5 Å². The number of hydrogen-bond donors (Lipinski definition) is 0. The number of hydrogen-bond acceptors (Lipinski definition) is 3. The fraction of sp³-hybridized carbons (Fsp3) is 0.350. The van der Waals surface area contributed by atoms with Crippen LogP contribution in [0, 0.1) is 0 Å². The first-order valence-corrected chi connectivity index (χ1v) is 8.70. The van der Waals surface area contributed by atoms with Gasteiger partial charge >= 0.3 is 6.18 Å². The summed E-state index contributed by atoms with van der Waals surface area (Å²) in [7, 11) is 1.52. The molecule has 3 rings (SSSR count). The second-order valence-corrected chi connectivity index (χ2v) is 6.42. The Bertz CT molecular complexity index is 800. The van der Waals surface area contributed by atoms with E-state index in [1.807, 2.05) is 4.90 Å². The molecule has 4 nitrogen and oxygen atoms in total. The minimum Gasteiger partial charge on any atom is -0.496 e. The molecular formula is C20H21F3N2O2. The third kappa shape index (κ3) is 4.42. The van der Waals surface area contributed by atoms with Crippen LogP contribution in [0.5, 0.6) is 5.75 Å². The van der Waals surface area contributed by atoms with Crippen molar-refractivity contribution in [1.82, 2.24) is 9.80 Å². The minimum absolute atomic E-state index is 0.122. The van der Waals surface area contributed by atoms with Crippen molar-refractivity contribution in [1.29, 1.82) is 0 Å². The van der Waals surface area contributed by atoms with Crippen molar-refractivity contribution in [2.24, 2.45) is 0 Å². The lowest BCUT2D eigenvalue weighted by Gasteiger charge is -2.35. The molecule has 0 unspecified atom stereocenters. The summed E-state index contributed by atoms with van der Waals surface area (Å²) >= 11 is 0. The van der Waals surface area contributed by atoms with Gasteiger partial charge in [-0.15, -0.1) is 0 Å². The van der Waals surface area contributed by atoms with Gasteiger partial charge in [0.2, 0.25) is 0 Å². The van der Waals surface area contributed by atoms with Crippen molar-refractivity contribution in [2.75, 3.05) is 33.3 Å². The summed E-state index contributed by atoms with van der Waals surface area (Å²) in [6, 6.07) is 12.7. The molecule has 0 spiro atoms. The zero-order chi connectivity index (χ0) is 19.4. The molecule has 0 bridgehead atoms. The van der Waals surface area contributed by atoms with Crippen molar-refractivity contribution in [3.63, 3.8) is 0 Å². The Morgan fingerprint density at radius 2 is 1.63 bits per heavy atom. The van der Waals surface area contributed by atoms with Crippen molar-refractivity contribution in [2.45, 2.75) is 12.7 Å². The van der Waals surface area contributed by atoms with Gasteiger partial charge in [-0.25, -0.2) is 0 Å². The van der Waals surface area contributed by atoms with Gasteiger partial charge in [0.25, 0.3) is 5.91 Å². The monoisotopic (exact) mass is 378 g/mol. The minimum atomic E-state index is -4.36. The Morgan fingerprint density at radius 1 is 1.00 bits per heavy atom. The summed E-state index contributed by atoms with van der Waals surface area (Å²) in [4.78, 5) is 16.4. The molecule has 0 saturated carbocycles. The van der Waals surface area contributed by atoms with Crippen LogP contribution in [0.15, 0.2) is 48.5 Å². The number of benzene rings is 2. The average molecular weight is 378 g/mol. The number of halogens is 3. The number of ether oxygens (including phenoxy) is 1. The molecule has 7 heteroatoms. The summed E-state index contributed by atoms with van der Waals surface area (Å²) in [5.41, 5.74) is 0.155. The van der Waals surface area contributed by atoms with E-state index in [2.05, 4.69) is 0 Å². The van der Waals surface area contributed by atoms with Gasteiger partial charge in [0.05, 0.1) is 18.2 Å². The van der Waals surface area contributed by atoms with Crippen molar-refractivity contribution in [3.8, 4) is 5.75 Å². The average Bonchev–Trinajstić information content (AvgIpc) is 2.67. The van der Waals surface area contributed by atoms with E-state index in [1.54, 1.807) is 35.2 Å². The summed E-state index contributed by atoms with van der Waals surface area (Å²) in [6.45, 7) is 2.18. The maximum Gasteiger partial charge on any atom is 0.416 e. The van der Waals surface area contributed by atoms with E-state index in [1.165, 1.54) is 19.2 Å². The van der Waals surface area contributed by atoms with Crippen LogP contribution in [0.2, 0.25) is 0 Å². The summed E-state index contributed by atoms with van der Waals surface area (Å²) in [6.07, 6.45) is -4.36. The number of nitrogens with zero attached hydrogens (tertiary/aromatic N) is 2. The van der Waals surface area contributed by atoms with E-state index in [0.29, 0.717) is 37.5 Å². The lowest BCUT2D eigenvalue weighted by Crippen LogP contribution is -2.48. The Morgan fingerprint density at radius 3 is 2.30 bits per heavy atom. The first kappa shape index (κ1) is 19.2. The molecular weight excluding hydrogens is 357 g/mol. The number of piperazine rings is 1. The molecule has 2 aromatic rings. The fourth-order valence-corrected chi connectivity index (χ4v) is 3.28. The number of carbonyl (C=O) groups excluding carboxylic acids is 1. The number of amides is 1. The van der Waals surface area contributed by atoms with E-state index in [0.717, 1.165) is 6.07 Å². The number of alkyl halides is 3.